The van der Waals surface area contributed by atoms with Crippen molar-refractivity contribution in [1.82, 2.24) is 10.2 Å². The Morgan fingerprint density at radius 1 is 1.00 bits per heavy atom. The Morgan fingerprint density at radius 3 is 2.24 bits per heavy atom. The molecule has 0 bridgehead atoms. The molecular formula is C27H37N3O6S. The highest BCUT2D eigenvalue weighted by Gasteiger charge is 2.31. The van der Waals surface area contributed by atoms with Crippen LogP contribution >= 0.6 is 0 Å². The number of carbonyl (C=O) groups excluding carboxylic acids is 2. The van der Waals surface area contributed by atoms with E-state index in [1.807, 2.05) is 12.1 Å². The second-order valence-corrected chi connectivity index (χ2v) is 11.3. The van der Waals surface area contributed by atoms with Gasteiger partial charge in [-0.3, -0.25) is 13.9 Å². The van der Waals surface area contributed by atoms with E-state index in [-0.39, 0.29) is 18.5 Å². The first-order chi connectivity index (χ1) is 17.6. The highest BCUT2D eigenvalue weighted by molar-refractivity contribution is 7.92. The van der Waals surface area contributed by atoms with E-state index in [1.54, 1.807) is 50.4 Å². The molecule has 37 heavy (non-hydrogen) atoms. The molecular weight excluding hydrogens is 494 g/mol. The molecule has 10 heteroatoms. The molecule has 2 aromatic rings. The Balaban J connectivity index is 1.89. The van der Waals surface area contributed by atoms with Crippen molar-refractivity contribution in [1.29, 1.82) is 0 Å². The lowest BCUT2D eigenvalue weighted by Gasteiger charge is -2.33. The number of nitrogens with zero attached hydrogens (tertiary/aromatic N) is 2. The third-order valence-corrected chi connectivity index (χ3v) is 7.77. The average molecular weight is 532 g/mol. The Morgan fingerprint density at radius 2 is 1.62 bits per heavy atom. The topological polar surface area (TPSA) is 105 Å². The van der Waals surface area contributed by atoms with Crippen molar-refractivity contribution >= 4 is 27.5 Å². The van der Waals surface area contributed by atoms with Crippen LogP contribution in [0.3, 0.4) is 0 Å². The summed E-state index contributed by atoms with van der Waals surface area (Å²) < 4.78 is 37.0. The summed E-state index contributed by atoms with van der Waals surface area (Å²) in [5, 5.41) is 3.09. The van der Waals surface area contributed by atoms with Crippen LogP contribution in [0.25, 0.3) is 0 Å². The van der Waals surface area contributed by atoms with Gasteiger partial charge in [0.05, 0.1) is 26.2 Å². The highest BCUT2D eigenvalue weighted by atomic mass is 32.2. The van der Waals surface area contributed by atoms with Crippen LogP contribution in [0.1, 0.15) is 44.6 Å². The molecule has 0 aromatic heterocycles. The number of hydrogen-bond acceptors (Lipinski definition) is 6. The van der Waals surface area contributed by atoms with Crippen molar-refractivity contribution in [2.75, 3.05) is 31.3 Å². The maximum absolute atomic E-state index is 13.7. The van der Waals surface area contributed by atoms with E-state index in [4.69, 9.17) is 9.47 Å². The van der Waals surface area contributed by atoms with E-state index in [1.165, 1.54) is 12.0 Å². The summed E-state index contributed by atoms with van der Waals surface area (Å²) >= 11 is 0. The summed E-state index contributed by atoms with van der Waals surface area (Å²) in [7, 11) is -0.774. The maximum atomic E-state index is 13.7. The highest BCUT2D eigenvalue weighted by Crippen LogP contribution is 2.24. The number of benzene rings is 2. The molecule has 3 rings (SSSR count). The van der Waals surface area contributed by atoms with Crippen LogP contribution in [-0.2, 0) is 26.2 Å². The molecule has 1 aliphatic rings. The van der Waals surface area contributed by atoms with E-state index >= 15 is 0 Å². The molecule has 1 fully saturated rings. The minimum Gasteiger partial charge on any atom is -0.497 e. The van der Waals surface area contributed by atoms with Gasteiger partial charge in [0.15, 0.2) is 0 Å². The first-order valence-electron chi connectivity index (χ1n) is 12.5. The smallest absolute Gasteiger partial charge is 0.244 e. The zero-order chi connectivity index (χ0) is 27.0. The van der Waals surface area contributed by atoms with Crippen LogP contribution in [0, 0.1) is 0 Å². The molecule has 202 valence electrons. The molecule has 2 aromatic carbocycles. The number of methoxy groups -OCH3 is 2. The van der Waals surface area contributed by atoms with Gasteiger partial charge in [0.2, 0.25) is 21.8 Å². The summed E-state index contributed by atoms with van der Waals surface area (Å²) in [6.07, 6.45) is 6.17. The van der Waals surface area contributed by atoms with E-state index < -0.39 is 28.5 Å². The third-order valence-electron chi connectivity index (χ3n) is 6.63. The van der Waals surface area contributed by atoms with E-state index in [2.05, 4.69) is 5.32 Å². The van der Waals surface area contributed by atoms with Gasteiger partial charge < -0.3 is 19.7 Å². The number of ether oxygens (including phenoxy) is 2. The van der Waals surface area contributed by atoms with Gasteiger partial charge in [-0.2, -0.15) is 0 Å². The van der Waals surface area contributed by atoms with Crippen LogP contribution in [0.2, 0.25) is 0 Å². The predicted octanol–water partition coefficient (Wildman–Crippen LogP) is 3.34. The molecule has 0 heterocycles. The number of nitrogens with one attached hydrogen (secondary N) is 1. The molecule has 2 amide bonds. The first kappa shape index (κ1) is 28.3. The van der Waals surface area contributed by atoms with Crippen LogP contribution in [-0.4, -0.2) is 64.2 Å². The second-order valence-electron chi connectivity index (χ2n) is 9.36. The van der Waals surface area contributed by atoms with Crippen molar-refractivity contribution in [2.24, 2.45) is 0 Å². The number of sulfonamides is 1. The number of hydrogen-bond donors (Lipinski definition) is 1. The van der Waals surface area contributed by atoms with Crippen LogP contribution in [0.5, 0.6) is 11.5 Å². The number of carbonyl (C=O) groups is 2. The van der Waals surface area contributed by atoms with E-state index in [0.29, 0.717) is 17.2 Å². The van der Waals surface area contributed by atoms with Gasteiger partial charge in [0, 0.05) is 18.7 Å². The van der Waals surface area contributed by atoms with Gasteiger partial charge in [-0.05, 0) is 49.6 Å². The fourth-order valence-corrected chi connectivity index (χ4v) is 5.34. The zero-order valence-electron chi connectivity index (χ0n) is 22.0. The van der Waals surface area contributed by atoms with E-state index in [9.17, 15) is 18.0 Å². The van der Waals surface area contributed by atoms with Crippen molar-refractivity contribution in [3.05, 3.63) is 54.1 Å². The lowest BCUT2D eigenvalue weighted by atomic mass is 9.95. The second kappa shape index (κ2) is 12.8. The number of amides is 2. The zero-order valence-corrected chi connectivity index (χ0v) is 22.8. The largest absolute Gasteiger partial charge is 0.497 e. The molecule has 0 radical (unpaired) electrons. The summed E-state index contributed by atoms with van der Waals surface area (Å²) in [6.45, 7) is 1.33. The molecule has 1 atom stereocenters. The fraction of sp³-hybridized carbons (Fsp3) is 0.481. The Labute approximate surface area is 219 Å². The van der Waals surface area contributed by atoms with Crippen LogP contribution in [0.15, 0.2) is 48.5 Å². The quantitative estimate of drug-likeness (QED) is 0.477. The molecule has 0 spiro atoms. The van der Waals surface area contributed by atoms with Crippen LogP contribution < -0.4 is 19.1 Å². The Kier molecular flexibility index (Phi) is 9.79. The molecule has 1 aliphatic carbocycles. The third kappa shape index (κ3) is 7.85. The van der Waals surface area contributed by atoms with Gasteiger partial charge in [0.25, 0.3) is 0 Å². The minimum atomic E-state index is -3.81. The summed E-state index contributed by atoms with van der Waals surface area (Å²) in [5.41, 5.74) is 1.06. The molecule has 0 unspecified atom stereocenters. The van der Waals surface area contributed by atoms with Gasteiger partial charge >= 0.3 is 0 Å². The van der Waals surface area contributed by atoms with Gasteiger partial charge in [-0.1, -0.05) is 37.5 Å². The molecule has 1 saturated carbocycles. The standard InChI is InChI=1S/C27H37N3O6S/c1-20(27(32)28-22-11-6-5-7-12-22)29(18-21-10-8-14-24(16-21)35-2)26(31)19-30(37(4,33)34)23-13-9-15-25(17-23)36-3/h8-10,13-17,20,22H,5-7,11-12,18-19H2,1-4H3,(H,28,32)/t20-/m0/s1. The lowest BCUT2D eigenvalue weighted by Crippen LogP contribution is -2.52. The van der Waals surface area contributed by atoms with Gasteiger partial charge in [-0.25, -0.2) is 8.42 Å². The Hall–Kier alpha value is -3.27. The fourth-order valence-electron chi connectivity index (χ4n) is 4.50. The molecule has 1 N–H and O–H groups in total. The van der Waals surface area contributed by atoms with Crippen LogP contribution in [0.4, 0.5) is 5.69 Å². The van der Waals surface area contributed by atoms with E-state index in [0.717, 1.165) is 48.2 Å². The van der Waals surface area contributed by atoms with Crippen molar-refractivity contribution in [3.8, 4) is 11.5 Å². The minimum absolute atomic E-state index is 0.0850. The van der Waals surface area contributed by atoms with Gasteiger partial charge in [-0.15, -0.1) is 0 Å². The average Bonchev–Trinajstić information content (AvgIpc) is 2.89. The monoisotopic (exact) mass is 531 g/mol. The Bertz CT molecular complexity index is 1180. The van der Waals surface area contributed by atoms with Crippen molar-refractivity contribution < 1.29 is 27.5 Å². The molecule has 0 aliphatic heterocycles. The predicted molar refractivity (Wildman–Crippen MR) is 143 cm³/mol. The van der Waals surface area contributed by atoms with Crippen molar-refractivity contribution in [2.45, 2.75) is 57.7 Å². The summed E-state index contributed by atoms with van der Waals surface area (Å²) in [4.78, 5) is 28.4. The molecule has 9 nitrogen and oxygen atoms in total. The van der Waals surface area contributed by atoms with Crippen molar-refractivity contribution in [3.63, 3.8) is 0 Å². The normalized spacial score (nSPS) is 14.9. The summed E-state index contributed by atoms with van der Waals surface area (Å²) in [6, 6.07) is 13.0. The lowest BCUT2D eigenvalue weighted by molar-refractivity contribution is -0.139. The SMILES string of the molecule is COc1cccc(CN(C(=O)CN(c2cccc(OC)c2)S(C)(=O)=O)[C@@H](C)C(=O)NC2CCCCC2)c1. The maximum Gasteiger partial charge on any atom is 0.244 e. The first-order valence-corrected chi connectivity index (χ1v) is 14.3. The number of anilines is 1. The molecule has 0 saturated heterocycles. The summed E-state index contributed by atoms with van der Waals surface area (Å²) in [5.74, 6) is 0.336. The van der Waals surface area contributed by atoms with Gasteiger partial charge in [0.1, 0.15) is 24.1 Å². The number of rotatable bonds is 11.